The fourth-order valence-corrected chi connectivity index (χ4v) is 9.33. The molecule has 2 fully saturated rings. The van der Waals surface area contributed by atoms with E-state index < -0.39 is 53.7 Å². The third-order valence-electron chi connectivity index (χ3n) is 13.0. The van der Waals surface area contributed by atoms with Crippen molar-refractivity contribution in [2.75, 3.05) is 6.61 Å². The van der Waals surface area contributed by atoms with Crippen LogP contribution in [0.5, 0.6) is 28.7 Å². The number of aliphatic hydroxyl groups is 1. The molecule has 7 aromatic carbocycles. The normalized spacial score (nSPS) is 20.2. The summed E-state index contributed by atoms with van der Waals surface area (Å²) in [6.07, 6.45) is -3.08. The van der Waals surface area contributed by atoms with Crippen LogP contribution in [0.4, 0.5) is 0 Å². The molecule has 5 atom stereocenters. The lowest BCUT2D eigenvalue weighted by Crippen LogP contribution is -2.59. The quantitative estimate of drug-likeness (QED) is 0.0767. The van der Waals surface area contributed by atoms with Gasteiger partial charge in [0.05, 0.1) is 0 Å². The minimum Gasteiger partial charge on any atom is -0.489 e. The highest BCUT2D eigenvalue weighted by Crippen LogP contribution is 2.50. The predicted octanol–water partition coefficient (Wildman–Crippen LogP) is 10.8. The van der Waals surface area contributed by atoms with Crippen molar-refractivity contribution in [2.45, 2.75) is 76.3 Å². The Bertz CT molecular complexity index is 3320. The van der Waals surface area contributed by atoms with Gasteiger partial charge in [0.1, 0.15) is 66.7 Å². The number of rotatable bonds is 15. The molecule has 11 rings (SSSR count). The van der Waals surface area contributed by atoms with Gasteiger partial charge in [-0.2, -0.15) is 0 Å². The molecule has 374 valence electrons. The van der Waals surface area contributed by atoms with E-state index >= 15 is 4.79 Å². The summed E-state index contributed by atoms with van der Waals surface area (Å²) in [4.78, 5) is 28.7. The van der Waals surface area contributed by atoms with Crippen LogP contribution in [-0.2, 0) is 42.7 Å². The first-order valence-corrected chi connectivity index (χ1v) is 24.4. The van der Waals surface area contributed by atoms with Crippen molar-refractivity contribution in [1.29, 1.82) is 0 Å². The molecule has 1 aromatic heterocycles. The Morgan fingerprint density at radius 3 is 1.96 bits per heavy atom. The summed E-state index contributed by atoms with van der Waals surface area (Å²) < 4.78 is 64.5. The zero-order valence-corrected chi connectivity index (χ0v) is 40.8. The van der Waals surface area contributed by atoms with Gasteiger partial charge in [-0.05, 0) is 61.7 Å². The first-order chi connectivity index (χ1) is 36.0. The molecule has 0 amide bonds. The maximum atomic E-state index is 15.5. The van der Waals surface area contributed by atoms with Crippen LogP contribution in [0.1, 0.15) is 47.2 Å². The van der Waals surface area contributed by atoms with Gasteiger partial charge in [-0.1, -0.05) is 151 Å². The first kappa shape index (κ1) is 48.1. The van der Waals surface area contributed by atoms with Crippen molar-refractivity contribution >= 4 is 23.0 Å². The molecule has 0 unspecified atom stereocenters. The number of carbonyl (C=O) groups is 1. The number of aliphatic hydroxyl groups excluding tert-OH is 1. The molecule has 3 aliphatic rings. The van der Waals surface area contributed by atoms with Gasteiger partial charge in [-0.25, -0.2) is 4.79 Å². The topological polar surface area (TPSA) is 151 Å². The SMILES string of the molecule is Cc1ccc(/C=C/C(=O)OC[C@H]2O[C@@H](Oc3c(-c4ccc5c(c4)OC(c4ccccc4)(c4ccccc4)O5)oc4cc(OCc5ccccc5)cc(OCc5ccccc5)c4c3=O)[C@H](O)[C@H]3OC(C)(C)O[C@H]32)cc1. The number of esters is 1. The highest BCUT2D eigenvalue weighted by atomic mass is 16.8. The lowest BCUT2D eigenvalue weighted by Gasteiger charge is -2.39. The standard InChI is InChI=1S/C61H52O13/c1-38-24-26-39(27-25-38)28-31-51(62)67-37-50-56-58(74-60(2,3)73-56)54(64)59(69-50)70-57-53(63)52-48(66-36-41-18-10-5-11-19-41)33-45(65-35-40-16-8-4-9-17-40)34-49(52)68-55(57)42-29-30-46-47(32-42)72-61(71-46,43-20-12-6-13-21-43)44-22-14-7-15-23-44/h4-34,50,54,56,58-59,64H,35-37H2,1-3H3/b31-28+/t50-,54-,56+,58-,59+/m1/s1. The molecular formula is C61H52O13. The molecule has 1 N–H and O–H groups in total. The summed E-state index contributed by atoms with van der Waals surface area (Å²) in [5.41, 5.74) is 5.01. The molecule has 2 saturated heterocycles. The molecule has 0 saturated carbocycles. The number of carbonyl (C=O) groups excluding carboxylic acids is 1. The lowest BCUT2D eigenvalue weighted by molar-refractivity contribution is -0.255. The second-order valence-electron chi connectivity index (χ2n) is 18.7. The Kier molecular flexibility index (Phi) is 13.2. The van der Waals surface area contributed by atoms with E-state index in [4.69, 9.17) is 47.0 Å². The van der Waals surface area contributed by atoms with Crippen molar-refractivity contribution in [3.8, 4) is 40.1 Å². The average Bonchev–Trinajstić information content (AvgIpc) is 3.99. The summed E-state index contributed by atoms with van der Waals surface area (Å²) in [5.74, 6) is -2.20. The van der Waals surface area contributed by atoms with Crippen molar-refractivity contribution in [3.05, 3.63) is 226 Å². The van der Waals surface area contributed by atoms with E-state index in [1.807, 2.05) is 153 Å². The Hall–Kier alpha value is -8.20. The maximum Gasteiger partial charge on any atom is 0.330 e. The van der Waals surface area contributed by atoms with E-state index in [-0.39, 0.29) is 48.0 Å². The average molecular weight is 993 g/mol. The minimum absolute atomic E-state index is 0.0360. The van der Waals surface area contributed by atoms with E-state index in [1.54, 1.807) is 50.3 Å². The predicted molar refractivity (Wildman–Crippen MR) is 275 cm³/mol. The zero-order chi connectivity index (χ0) is 50.8. The highest BCUT2D eigenvalue weighted by Gasteiger charge is 2.56. The molecule has 8 aromatic rings. The molecular weight excluding hydrogens is 941 g/mol. The summed E-state index contributed by atoms with van der Waals surface area (Å²) in [6, 6.07) is 54.5. The molecule has 4 heterocycles. The zero-order valence-electron chi connectivity index (χ0n) is 40.8. The van der Waals surface area contributed by atoms with Gasteiger partial charge in [0.25, 0.3) is 0 Å². The lowest BCUT2D eigenvalue weighted by atomic mass is 9.97. The van der Waals surface area contributed by atoms with Crippen LogP contribution in [0.3, 0.4) is 0 Å². The van der Waals surface area contributed by atoms with Crippen LogP contribution in [0, 0.1) is 6.92 Å². The van der Waals surface area contributed by atoms with Crippen molar-refractivity contribution in [2.24, 2.45) is 0 Å². The molecule has 13 heteroatoms. The van der Waals surface area contributed by atoms with Gasteiger partial charge in [0.15, 0.2) is 23.0 Å². The molecule has 0 radical (unpaired) electrons. The third-order valence-corrected chi connectivity index (χ3v) is 13.0. The first-order valence-electron chi connectivity index (χ1n) is 24.4. The fourth-order valence-electron chi connectivity index (χ4n) is 9.33. The Morgan fingerprint density at radius 1 is 0.689 bits per heavy atom. The van der Waals surface area contributed by atoms with Crippen LogP contribution in [0.25, 0.3) is 28.4 Å². The maximum absolute atomic E-state index is 15.5. The van der Waals surface area contributed by atoms with Crippen LogP contribution in [0.15, 0.2) is 191 Å². The summed E-state index contributed by atoms with van der Waals surface area (Å²) in [6.45, 7) is 5.40. The van der Waals surface area contributed by atoms with Crippen LogP contribution in [-0.4, -0.2) is 54.2 Å². The molecule has 0 spiro atoms. The number of hydrogen-bond donors (Lipinski definition) is 1. The molecule has 13 nitrogen and oxygen atoms in total. The van der Waals surface area contributed by atoms with Gasteiger partial charge in [-0.3, -0.25) is 4.79 Å². The van der Waals surface area contributed by atoms with Crippen LogP contribution < -0.4 is 29.1 Å². The fraction of sp³-hybridized carbons (Fsp3) is 0.213. The summed E-state index contributed by atoms with van der Waals surface area (Å²) in [5, 5.41) is 12.1. The smallest absolute Gasteiger partial charge is 0.330 e. The van der Waals surface area contributed by atoms with E-state index in [9.17, 15) is 9.90 Å². The minimum atomic E-state index is -1.58. The third kappa shape index (κ3) is 9.98. The Labute approximate surface area is 427 Å². The van der Waals surface area contributed by atoms with Gasteiger partial charge in [0, 0.05) is 34.9 Å². The van der Waals surface area contributed by atoms with Crippen LogP contribution in [0.2, 0.25) is 0 Å². The molecule has 3 aliphatic heterocycles. The second kappa shape index (κ2) is 20.4. The van der Waals surface area contributed by atoms with Crippen LogP contribution >= 0.6 is 0 Å². The van der Waals surface area contributed by atoms with E-state index in [0.717, 1.165) is 33.4 Å². The van der Waals surface area contributed by atoms with E-state index in [1.165, 1.54) is 6.08 Å². The monoisotopic (exact) mass is 992 g/mol. The number of aryl methyl sites for hydroxylation is 1. The molecule has 0 aliphatic carbocycles. The van der Waals surface area contributed by atoms with Crippen molar-refractivity contribution in [1.82, 2.24) is 0 Å². The number of hydrogen-bond acceptors (Lipinski definition) is 13. The number of fused-ring (bicyclic) bond motifs is 3. The largest absolute Gasteiger partial charge is 0.489 e. The summed E-state index contributed by atoms with van der Waals surface area (Å²) in [7, 11) is 0. The molecule has 0 bridgehead atoms. The van der Waals surface area contributed by atoms with Gasteiger partial charge >= 0.3 is 11.8 Å². The molecule has 74 heavy (non-hydrogen) atoms. The van der Waals surface area contributed by atoms with Gasteiger partial charge in [0.2, 0.25) is 17.5 Å². The number of ether oxygens (including phenoxy) is 9. The van der Waals surface area contributed by atoms with Crippen molar-refractivity contribution in [3.63, 3.8) is 0 Å². The van der Waals surface area contributed by atoms with Crippen molar-refractivity contribution < 1.29 is 56.9 Å². The van der Waals surface area contributed by atoms with Gasteiger partial charge in [-0.15, -0.1) is 0 Å². The Balaban J connectivity index is 1.00. The second-order valence-corrected chi connectivity index (χ2v) is 18.7. The highest BCUT2D eigenvalue weighted by molar-refractivity contribution is 5.89. The van der Waals surface area contributed by atoms with E-state index in [0.29, 0.717) is 22.8 Å². The Morgan fingerprint density at radius 2 is 1.30 bits per heavy atom. The number of benzene rings is 7. The van der Waals surface area contributed by atoms with Gasteiger partial charge < -0.3 is 52.2 Å². The van der Waals surface area contributed by atoms with E-state index in [2.05, 4.69) is 0 Å². The summed E-state index contributed by atoms with van der Waals surface area (Å²) >= 11 is 0.